The van der Waals surface area contributed by atoms with Crippen LogP contribution in [0.3, 0.4) is 0 Å². The maximum Gasteiger partial charge on any atom is 0.240 e. The molecular formula is C13H18ClNO. The predicted octanol–water partition coefficient (Wildman–Crippen LogP) is 2.70. The number of alkyl halides is 1. The third-order valence-electron chi connectivity index (χ3n) is 2.60. The smallest absolute Gasteiger partial charge is 0.240 e. The van der Waals surface area contributed by atoms with Crippen LogP contribution in [-0.4, -0.2) is 29.3 Å². The number of amides is 1. The van der Waals surface area contributed by atoms with Crippen molar-refractivity contribution >= 4 is 17.5 Å². The highest BCUT2D eigenvalue weighted by Gasteiger charge is 2.20. The van der Waals surface area contributed by atoms with Gasteiger partial charge in [-0.1, -0.05) is 30.3 Å². The van der Waals surface area contributed by atoms with Gasteiger partial charge in [0.05, 0.1) is 0 Å². The maximum atomic E-state index is 11.9. The van der Waals surface area contributed by atoms with Gasteiger partial charge in [0.15, 0.2) is 0 Å². The molecule has 0 heterocycles. The molecule has 1 atom stereocenters. The van der Waals surface area contributed by atoms with E-state index in [2.05, 4.69) is 0 Å². The van der Waals surface area contributed by atoms with Crippen LogP contribution in [0.2, 0.25) is 0 Å². The fourth-order valence-electron chi connectivity index (χ4n) is 1.64. The molecule has 0 radical (unpaired) electrons. The zero-order valence-electron chi connectivity index (χ0n) is 9.82. The Morgan fingerprint density at radius 2 is 1.81 bits per heavy atom. The Bertz CT molecular complexity index is 322. The summed E-state index contributed by atoms with van der Waals surface area (Å²) in [6, 6.07) is 9.86. The van der Waals surface area contributed by atoms with Gasteiger partial charge in [-0.3, -0.25) is 4.79 Å². The molecule has 0 aliphatic heterocycles. The van der Waals surface area contributed by atoms with E-state index in [1.165, 1.54) is 0 Å². The van der Waals surface area contributed by atoms with Crippen molar-refractivity contribution in [3.8, 4) is 0 Å². The molecule has 0 spiro atoms. The van der Waals surface area contributed by atoms with Gasteiger partial charge in [0.25, 0.3) is 0 Å². The van der Waals surface area contributed by atoms with Crippen LogP contribution in [0.15, 0.2) is 30.3 Å². The Morgan fingerprint density at radius 1 is 1.25 bits per heavy atom. The highest BCUT2D eigenvalue weighted by Crippen LogP contribution is 2.10. The molecule has 16 heavy (non-hydrogen) atoms. The Kier molecular flexibility index (Phi) is 5.33. The second-order valence-corrected chi connectivity index (χ2v) is 4.19. The number of rotatable bonds is 5. The quantitative estimate of drug-likeness (QED) is 0.724. The third kappa shape index (κ3) is 3.53. The summed E-state index contributed by atoms with van der Waals surface area (Å²) in [6.07, 6.45) is 0.595. The molecule has 0 aromatic heterocycles. The first-order chi connectivity index (χ1) is 7.69. The summed E-state index contributed by atoms with van der Waals surface area (Å²) in [6.45, 7) is 5.36. The van der Waals surface area contributed by atoms with Crippen LogP contribution in [0.5, 0.6) is 0 Å². The fraction of sp³-hybridized carbons (Fsp3) is 0.462. The van der Waals surface area contributed by atoms with Gasteiger partial charge in [0.2, 0.25) is 5.91 Å². The van der Waals surface area contributed by atoms with Crippen molar-refractivity contribution in [2.24, 2.45) is 0 Å². The van der Waals surface area contributed by atoms with Crippen molar-refractivity contribution in [3.05, 3.63) is 35.9 Å². The van der Waals surface area contributed by atoms with Gasteiger partial charge < -0.3 is 4.90 Å². The summed E-state index contributed by atoms with van der Waals surface area (Å²) in [5.74, 6) is 0.0236. The predicted molar refractivity (Wildman–Crippen MR) is 67.7 cm³/mol. The van der Waals surface area contributed by atoms with E-state index in [1.54, 1.807) is 4.90 Å². The summed E-state index contributed by atoms with van der Waals surface area (Å²) in [4.78, 5) is 13.7. The first-order valence-electron chi connectivity index (χ1n) is 5.65. The van der Waals surface area contributed by atoms with Crippen LogP contribution < -0.4 is 0 Å². The average molecular weight is 240 g/mol. The monoisotopic (exact) mass is 239 g/mol. The standard InChI is InChI=1S/C13H18ClNO/c1-3-15(4-2)13(16)12(14)10-11-8-6-5-7-9-11/h5-9,12H,3-4,10H2,1-2H3. The topological polar surface area (TPSA) is 20.3 Å². The minimum atomic E-state index is -0.456. The lowest BCUT2D eigenvalue weighted by atomic mass is 10.1. The van der Waals surface area contributed by atoms with Crippen molar-refractivity contribution in [2.45, 2.75) is 25.6 Å². The highest BCUT2D eigenvalue weighted by atomic mass is 35.5. The van der Waals surface area contributed by atoms with E-state index in [0.29, 0.717) is 19.5 Å². The molecule has 0 aliphatic carbocycles. The maximum absolute atomic E-state index is 11.9. The minimum absolute atomic E-state index is 0.0236. The van der Waals surface area contributed by atoms with E-state index >= 15 is 0 Å². The Morgan fingerprint density at radius 3 is 2.31 bits per heavy atom. The molecule has 0 fully saturated rings. The summed E-state index contributed by atoms with van der Waals surface area (Å²) < 4.78 is 0. The molecule has 0 aliphatic rings. The minimum Gasteiger partial charge on any atom is -0.342 e. The second-order valence-electron chi connectivity index (χ2n) is 3.67. The number of hydrogen-bond donors (Lipinski definition) is 0. The molecule has 0 saturated carbocycles. The number of hydrogen-bond acceptors (Lipinski definition) is 1. The van der Waals surface area contributed by atoms with Crippen molar-refractivity contribution < 1.29 is 4.79 Å². The Labute approximate surface area is 102 Å². The van der Waals surface area contributed by atoms with E-state index in [-0.39, 0.29) is 5.91 Å². The van der Waals surface area contributed by atoms with Crippen LogP contribution in [0.4, 0.5) is 0 Å². The van der Waals surface area contributed by atoms with Crippen LogP contribution in [0, 0.1) is 0 Å². The van der Waals surface area contributed by atoms with Gasteiger partial charge in [-0.2, -0.15) is 0 Å². The molecule has 1 unspecified atom stereocenters. The lowest BCUT2D eigenvalue weighted by molar-refractivity contribution is -0.130. The number of carbonyl (C=O) groups is 1. The van der Waals surface area contributed by atoms with E-state index in [4.69, 9.17) is 11.6 Å². The lowest BCUT2D eigenvalue weighted by Gasteiger charge is -2.21. The summed E-state index contributed by atoms with van der Waals surface area (Å²) in [5, 5.41) is -0.456. The van der Waals surface area contributed by atoms with Gasteiger partial charge >= 0.3 is 0 Å². The number of benzene rings is 1. The number of nitrogens with zero attached hydrogens (tertiary/aromatic N) is 1. The van der Waals surface area contributed by atoms with Gasteiger partial charge in [-0.05, 0) is 25.8 Å². The van der Waals surface area contributed by atoms with Crippen LogP contribution in [-0.2, 0) is 11.2 Å². The molecule has 1 aromatic rings. The molecule has 1 rings (SSSR count). The third-order valence-corrected chi connectivity index (χ3v) is 2.94. The lowest BCUT2D eigenvalue weighted by Crippen LogP contribution is -2.37. The van der Waals surface area contributed by atoms with E-state index in [1.807, 2.05) is 44.2 Å². The van der Waals surface area contributed by atoms with Crippen molar-refractivity contribution in [2.75, 3.05) is 13.1 Å². The van der Waals surface area contributed by atoms with Gasteiger partial charge in [-0.25, -0.2) is 0 Å². The normalized spacial score (nSPS) is 12.2. The second kappa shape index (κ2) is 6.54. The molecule has 3 heteroatoms. The largest absolute Gasteiger partial charge is 0.342 e. The summed E-state index contributed by atoms with van der Waals surface area (Å²) in [7, 11) is 0. The number of halogens is 1. The van der Waals surface area contributed by atoms with E-state index < -0.39 is 5.38 Å². The van der Waals surface area contributed by atoms with Gasteiger partial charge in [0.1, 0.15) is 5.38 Å². The SMILES string of the molecule is CCN(CC)C(=O)C(Cl)Cc1ccccc1. The molecular weight excluding hydrogens is 222 g/mol. The van der Waals surface area contributed by atoms with Crippen LogP contribution in [0.25, 0.3) is 0 Å². The number of carbonyl (C=O) groups excluding carboxylic acids is 1. The Hall–Kier alpha value is -1.02. The van der Waals surface area contributed by atoms with Crippen molar-refractivity contribution in [1.29, 1.82) is 0 Å². The molecule has 1 aromatic carbocycles. The van der Waals surface area contributed by atoms with E-state index in [9.17, 15) is 4.79 Å². The zero-order valence-corrected chi connectivity index (χ0v) is 10.6. The summed E-state index contributed by atoms with van der Waals surface area (Å²) in [5.41, 5.74) is 1.10. The first kappa shape index (κ1) is 13.0. The van der Waals surface area contributed by atoms with Crippen LogP contribution >= 0.6 is 11.6 Å². The molecule has 0 saturated heterocycles. The van der Waals surface area contributed by atoms with E-state index in [0.717, 1.165) is 5.56 Å². The van der Waals surface area contributed by atoms with Gasteiger partial charge in [0, 0.05) is 13.1 Å². The molecule has 0 N–H and O–H groups in total. The fourth-order valence-corrected chi connectivity index (χ4v) is 1.96. The molecule has 2 nitrogen and oxygen atoms in total. The van der Waals surface area contributed by atoms with Crippen molar-refractivity contribution in [1.82, 2.24) is 4.90 Å². The van der Waals surface area contributed by atoms with Crippen LogP contribution in [0.1, 0.15) is 19.4 Å². The average Bonchev–Trinajstić information content (AvgIpc) is 2.31. The summed E-state index contributed by atoms with van der Waals surface area (Å²) >= 11 is 6.13. The first-order valence-corrected chi connectivity index (χ1v) is 6.09. The van der Waals surface area contributed by atoms with Gasteiger partial charge in [-0.15, -0.1) is 11.6 Å². The Balaban J connectivity index is 2.58. The zero-order chi connectivity index (χ0) is 12.0. The molecule has 88 valence electrons. The highest BCUT2D eigenvalue weighted by molar-refractivity contribution is 6.30. The molecule has 1 amide bonds. The molecule has 0 bridgehead atoms. The van der Waals surface area contributed by atoms with Crippen molar-refractivity contribution in [3.63, 3.8) is 0 Å².